The average Bonchev–Trinajstić information content (AvgIpc) is 3.40. The number of hydrogen-bond donors (Lipinski definition) is 0. The lowest BCUT2D eigenvalue weighted by Crippen LogP contribution is -2.41. The number of halogens is 3. The van der Waals surface area contributed by atoms with E-state index in [-0.39, 0.29) is 35.8 Å². The Bertz CT molecular complexity index is 1040. The SMILES string of the molecule is CCC1c2cccn2CCN1C(=O)c1cc(COc2cccc(C(F)(F)F)c2)on1. The monoisotopic (exact) mass is 419 g/mol. The van der Waals surface area contributed by atoms with Crippen molar-refractivity contribution in [1.82, 2.24) is 14.6 Å². The first-order valence-corrected chi connectivity index (χ1v) is 9.58. The normalized spacial score (nSPS) is 16.4. The molecule has 6 nitrogen and oxygen atoms in total. The number of benzene rings is 1. The van der Waals surface area contributed by atoms with E-state index in [0.29, 0.717) is 13.1 Å². The van der Waals surface area contributed by atoms with Crippen molar-refractivity contribution in [2.45, 2.75) is 38.7 Å². The Morgan fingerprint density at radius 3 is 2.83 bits per heavy atom. The molecule has 1 aliphatic heterocycles. The number of carbonyl (C=O) groups is 1. The molecule has 1 atom stereocenters. The van der Waals surface area contributed by atoms with Gasteiger partial charge in [0.15, 0.2) is 11.5 Å². The molecule has 0 saturated carbocycles. The molecule has 0 aliphatic carbocycles. The molecule has 1 amide bonds. The highest BCUT2D eigenvalue weighted by Gasteiger charge is 2.32. The van der Waals surface area contributed by atoms with Crippen LogP contribution in [0.15, 0.2) is 53.2 Å². The lowest BCUT2D eigenvalue weighted by molar-refractivity contribution is -0.137. The molecule has 30 heavy (non-hydrogen) atoms. The van der Waals surface area contributed by atoms with Crippen molar-refractivity contribution in [2.75, 3.05) is 6.54 Å². The van der Waals surface area contributed by atoms with E-state index in [1.165, 1.54) is 18.2 Å². The Kier molecular flexibility index (Phi) is 5.27. The molecular formula is C21H20F3N3O3. The Hall–Kier alpha value is -3.23. The Balaban J connectivity index is 1.44. The maximum Gasteiger partial charge on any atom is 0.416 e. The molecule has 0 radical (unpaired) electrons. The van der Waals surface area contributed by atoms with Crippen LogP contribution in [-0.2, 0) is 19.3 Å². The van der Waals surface area contributed by atoms with Crippen LogP contribution in [0, 0.1) is 0 Å². The van der Waals surface area contributed by atoms with Crippen LogP contribution in [0.5, 0.6) is 5.75 Å². The molecule has 158 valence electrons. The van der Waals surface area contributed by atoms with Gasteiger partial charge < -0.3 is 18.7 Å². The van der Waals surface area contributed by atoms with E-state index in [2.05, 4.69) is 9.72 Å². The van der Waals surface area contributed by atoms with Crippen molar-refractivity contribution in [3.05, 3.63) is 71.4 Å². The molecule has 2 aromatic heterocycles. The molecule has 0 saturated heterocycles. The van der Waals surface area contributed by atoms with Crippen LogP contribution in [0.2, 0.25) is 0 Å². The quantitative estimate of drug-likeness (QED) is 0.603. The lowest BCUT2D eigenvalue weighted by atomic mass is 10.1. The smallest absolute Gasteiger partial charge is 0.416 e. The number of carbonyl (C=O) groups excluding carboxylic acids is 1. The van der Waals surface area contributed by atoms with Crippen LogP contribution in [0.25, 0.3) is 0 Å². The van der Waals surface area contributed by atoms with Gasteiger partial charge >= 0.3 is 6.18 Å². The summed E-state index contributed by atoms with van der Waals surface area (Å²) in [6, 6.07) is 9.96. The molecule has 3 aromatic rings. The van der Waals surface area contributed by atoms with E-state index < -0.39 is 11.7 Å². The summed E-state index contributed by atoms with van der Waals surface area (Å²) in [7, 11) is 0. The minimum absolute atomic E-state index is 0.0527. The maximum atomic E-state index is 13.0. The van der Waals surface area contributed by atoms with E-state index in [1.54, 1.807) is 4.90 Å². The van der Waals surface area contributed by atoms with Gasteiger partial charge in [0, 0.05) is 31.0 Å². The second kappa shape index (κ2) is 7.89. The van der Waals surface area contributed by atoms with Gasteiger partial charge in [-0.1, -0.05) is 18.1 Å². The van der Waals surface area contributed by atoms with Gasteiger partial charge in [0.25, 0.3) is 5.91 Å². The summed E-state index contributed by atoms with van der Waals surface area (Å²) in [5, 5.41) is 3.84. The van der Waals surface area contributed by atoms with E-state index in [4.69, 9.17) is 9.26 Å². The van der Waals surface area contributed by atoms with Crippen molar-refractivity contribution in [3.63, 3.8) is 0 Å². The van der Waals surface area contributed by atoms with Gasteiger partial charge in [0.2, 0.25) is 0 Å². The van der Waals surface area contributed by atoms with Gasteiger partial charge in [-0.2, -0.15) is 13.2 Å². The maximum absolute atomic E-state index is 13.0. The van der Waals surface area contributed by atoms with Crippen LogP contribution < -0.4 is 4.74 Å². The van der Waals surface area contributed by atoms with Crippen LogP contribution in [-0.4, -0.2) is 27.1 Å². The molecule has 0 N–H and O–H groups in total. The van der Waals surface area contributed by atoms with Gasteiger partial charge in [-0.05, 0) is 36.8 Å². The number of aromatic nitrogens is 2. The second-order valence-electron chi connectivity index (χ2n) is 7.04. The van der Waals surface area contributed by atoms with Crippen molar-refractivity contribution in [1.29, 1.82) is 0 Å². The van der Waals surface area contributed by atoms with Crippen LogP contribution >= 0.6 is 0 Å². The summed E-state index contributed by atoms with van der Waals surface area (Å²) >= 11 is 0. The molecule has 0 spiro atoms. The van der Waals surface area contributed by atoms with Gasteiger partial charge in [0.05, 0.1) is 11.6 Å². The zero-order valence-corrected chi connectivity index (χ0v) is 16.2. The molecule has 3 heterocycles. The molecule has 1 aliphatic rings. The number of hydrogen-bond acceptors (Lipinski definition) is 4. The fraction of sp³-hybridized carbons (Fsp3) is 0.333. The summed E-state index contributed by atoms with van der Waals surface area (Å²) in [6.45, 7) is 3.14. The number of nitrogens with zero attached hydrogens (tertiary/aromatic N) is 3. The van der Waals surface area contributed by atoms with Crippen molar-refractivity contribution >= 4 is 5.91 Å². The molecule has 0 fully saturated rings. The Labute approximate surface area is 170 Å². The molecular weight excluding hydrogens is 399 g/mol. The summed E-state index contributed by atoms with van der Waals surface area (Å²) < 4.78 is 51.1. The van der Waals surface area contributed by atoms with E-state index in [1.807, 2.05) is 25.3 Å². The number of alkyl halides is 3. The van der Waals surface area contributed by atoms with Crippen molar-refractivity contribution < 1.29 is 27.2 Å². The summed E-state index contributed by atoms with van der Waals surface area (Å²) in [6.07, 6.45) is -1.69. The Morgan fingerprint density at radius 2 is 2.07 bits per heavy atom. The molecule has 0 bridgehead atoms. The van der Waals surface area contributed by atoms with Gasteiger partial charge in [0.1, 0.15) is 12.4 Å². The minimum Gasteiger partial charge on any atom is -0.486 e. The number of amides is 1. The fourth-order valence-corrected chi connectivity index (χ4v) is 3.68. The highest BCUT2D eigenvalue weighted by atomic mass is 19.4. The number of fused-ring (bicyclic) bond motifs is 1. The highest BCUT2D eigenvalue weighted by molar-refractivity contribution is 5.92. The predicted octanol–water partition coefficient (Wildman–Crippen LogP) is 4.68. The third-order valence-corrected chi connectivity index (χ3v) is 5.13. The number of rotatable bonds is 5. The van der Waals surface area contributed by atoms with Gasteiger partial charge in [-0.25, -0.2) is 0 Å². The standard InChI is InChI=1S/C21H20F3N3O3/c1-2-18-19-7-4-8-26(19)9-10-27(18)20(28)17-12-16(30-25-17)13-29-15-6-3-5-14(11-15)21(22,23)24/h3-8,11-12,18H,2,9-10,13H2,1H3. The van der Waals surface area contributed by atoms with Crippen molar-refractivity contribution in [3.8, 4) is 5.75 Å². The van der Waals surface area contributed by atoms with E-state index in [9.17, 15) is 18.0 Å². The Morgan fingerprint density at radius 1 is 1.23 bits per heavy atom. The van der Waals surface area contributed by atoms with Gasteiger partial charge in [-0.15, -0.1) is 0 Å². The van der Waals surface area contributed by atoms with Crippen LogP contribution in [0.4, 0.5) is 13.2 Å². The summed E-state index contributed by atoms with van der Waals surface area (Å²) in [4.78, 5) is 14.7. The lowest BCUT2D eigenvalue weighted by Gasteiger charge is -2.36. The van der Waals surface area contributed by atoms with Gasteiger partial charge in [-0.3, -0.25) is 4.79 Å². The third kappa shape index (κ3) is 3.92. The first-order valence-electron chi connectivity index (χ1n) is 9.58. The first kappa shape index (κ1) is 20.1. The topological polar surface area (TPSA) is 60.5 Å². The predicted molar refractivity (Wildman–Crippen MR) is 101 cm³/mol. The molecule has 9 heteroatoms. The van der Waals surface area contributed by atoms with E-state index >= 15 is 0 Å². The largest absolute Gasteiger partial charge is 0.486 e. The van der Waals surface area contributed by atoms with Crippen molar-refractivity contribution in [2.24, 2.45) is 0 Å². The number of ether oxygens (including phenoxy) is 1. The molecule has 1 unspecified atom stereocenters. The van der Waals surface area contributed by atoms with E-state index in [0.717, 1.165) is 24.2 Å². The van der Waals surface area contributed by atoms with Crippen LogP contribution in [0.3, 0.4) is 0 Å². The summed E-state index contributed by atoms with van der Waals surface area (Å²) in [5.41, 5.74) is 0.429. The average molecular weight is 419 g/mol. The van der Waals surface area contributed by atoms with Crippen LogP contribution in [0.1, 0.15) is 46.9 Å². The fourth-order valence-electron chi connectivity index (χ4n) is 3.68. The molecule has 4 rings (SSSR count). The third-order valence-electron chi connectivity index (χ3n) is 5.13. The first-order chi connectivity index (χ1) is 14.4. The minimum atomic E-state index is -4.45. The molecule has 1 aromatic carbocycles. The highest BCUT2D eigenvalue weighted by Crippen LogP contribution is 2.32. The second-order valence-corrected chi connectivity index (χ2v) is 7.04. The zero-order valence-electron chi connectivity index (χ0n) is 16.2. The summed E-state index contributed by atoms with van der Waals surface area (Å²) in [5.74, 6) is 0.0597. The zero-order chi connectivity index (χ0) is 21.3.